The zero-order valence-corrected chi connectivity index (χ0v) is 29.1. The van der Waals surface area contributed by atoms with E-state index in [9.17, 15) is 13.2 Å². The summed E-state index contributed by atoms with van der Waals surface area (Å²) in [7, 11) is -2.12. The summed E-state index contributed by atoms with van der Waals surface area (Å²) in [6, 6.07) is 17.4. The number of benzene rings is 3. The number of aromatic nitrogens is 4. The number of hydrogen-bond donors (Lipinski definition) is 1. The van der Waals surface area contributed by atoms with Gasteiger partial charge in [0.1, 0.15) is 16.8 Å². The van der Waals surface area contributed by atoms with Crippen molar-refractivity contribution in [2.45, 2.75) is 71.4 Å². The molecule has 1 aliphatic heterocycles. The molecule has 0 aliphatic carbocycles. The molecule has 11 heteroatoms. The Labute approximate surface area is 282 Å². The molecule has 3 aromatic carbocycles. The number of ether oxygens (including phenoxy) is 1. The average molecular weight is 667 g/mol. The van der Waals surface area contributed by atoms with Crippen molar-refractivity contribution in [1.82, 2.24) is 24.3 Å². The normalized spacial score (nSPS) is 16.7. The summed E-state index contributed by atoms with van der Waals surface area (Å²) in [5.41, 5.74) is 8.46. The highest BCUT2D eigenvalue weighted by Crippen LogP contribution is 2.39. The Morgan fingerprint density at radius 2 is 1.92 bits per heavy atom. The molecular formula is C37H42N6O4S. The summed E-state index contributed by atoms with van der Waals surface area (Å²) in [5.74, 6) is 0.200. The van der Waals surface area contributed by atoms with Crippen LogP contribution < -0.4 is 10.1 Å². The smallest absolute Gasteiger partial charge is 0.243 e. The van der Waals surface area contributed by atoms with Gasteiger partial charge in [-0.3, -0.25) is 9.78 Å². The largest absolute Gasteiger partial charge is 0.494 e. The minimum absolute atomic E-state index is 0.126. The number of nitrogens with one attached hydrogen (secondary N) is 1. The van der Waals surface area contributed by atoms with E-state index in [1.165, 1.54) is 0 Å². The van der Waals surface area contributed by atoms with Crippen molar-refractivity contribution < 1.29 is 17.9 Å². The van der Waals surface area contributed by atoms with Crippen LogP contribution in [-0.2, 0) is 34.3 Å². The predicted molar refractivity (Wildman–Crippen MR) is 187 cm³/mol. The third kappa shape index (κ3) is 6.44. The Bertz CT molecular complexity index is 2090. The Morgan fingerprint density at radius 3 is 2.65 bits per heavy atom. The predicted octanol–water partition coefficient (Wildman–Crippen LogP) is 6.32. The number of fused-ring (bicyclic) bond motifs is 2. The van der Waals surface area contributed by atoms with Crippen molar-refractivity contribution in [3.05, 3.63) is 106 Å². The Hall–Kier alpha value is -4.61. The van der Waals surface area contributed by atoms with Crippen LogP contribution in [0.4, 0.5) is 5.69 Å². The third-order valence-corrected chi connectivity index (χ3v) is 11.2. The monoisotopic (exact) mass is 666 g/mol. The molecule has 48 heavy (non-hydrogen) atoms. The lowest BCUT2D eigenvalue weighted by Crippen LogP contribution is -2.33. The van der Waals surface area contributed by atoms with E-state index in [4.69, 9.17) is 4.74 Å². The number of anilines is 1. The van der Waals surface area contributed by atoms with Gasteiger partial charge in [0.05, 0.1) is 23.9 Å². The standard InChI is InChI=1S/C37H42N6O4S/c1-7-43-37-33(47-6)18-31(26(5)36(37)40-41-43)32(19-35(44)39-30-9-8-14-38-20-30)27-13-11-25(4)29(17-27)22-42-21-24(3)15-28-12-10-23(2)16-34(28)48(42,45)46/h8-14,16-18,20,24,32H,7,15,19,21-22H2,1-6H3,(H,39,44)/t24-,32-/m0/s1. The number of hydrogen-bond acceptors (Lipinski definition) is 7. The molecule has 0 bridgehead atoms. The van der Waals surface area contributed by atoms with E-state index in [2.05, 4.69) is 33.6 Å². The van der Waals surface area contributed by atoms with Crippen molar-refractivity contribution in [2.75, 3.05) is 19.0 Å². The highest BCUT2D eigenvalue weighted by Gasteiger charge is 2.33. The highest BCUT2D eigenvalue weighted by molar-refractivity contribution is 7.89. The van der Waals surface area contributed by atoms with E-state index in [0.29, 0.717) is 35.8 Å². The van der Waals surface area contributed by atoms with Crippen LogP contribution in [0.2, 0.25) is 0 Å². The molecule has 3 heterocycles. The first kappa shape index (κ1) is 33.3. The Kier molecular flexibility index (Phi) is 9.35. The van der Waals surface area contributed by atoms with Crippen LogP contribution >= 0.6 is 0 Å². The van der Waals surface area contributed by atoms with Crippen molar-refractivity contribution in [1.29, 1.82) is 0 Å². The summed E-state index contributed by atoms with van der Waals surface area (Å²) < 4.78 is 37.5. The second-order valence-corrected chi connectivity index (χ2v) is 14.8. The number of aryl methyl sites for hydroxylation is 4. The maximum atomic E-state index is 14.1. The molecule has 6 rings (SSSR count). The molecule has 1 N–H and O–H groups in total. The number of sulfonamides is 1. The first-order chi connectivity index (χ1) is 23.0. The maximum absolute atomic E-state index is 14.1. The summed E-state index contributed by atoms with van der Waals surface area (Å²) >= 11 is 0. The number of pyridine rings is 1. The number of carbonyl (C=O) groups excluding carboxylic acids is 1. The van der Waals surface area contributed by atoms with Crippen LogP contribution in [0.15, 0.2) is 71.9 Å². The summed E-state index contributed by atoms with van der Waals surface area (Å²) in [6.45, 7) is 11.3. The summed E-state index contributed by atoms with van der Waals surface area (Å²) in [5, 5.41) is 11.8. The molecule has 1 aliphatic rings. The first-order valence-corrected chi connectivity index (χ1v) is 17.7. The van der Waals surface area contributed by atoms with Gasteiger partial charge in [0, 0.05) is 38.2 Å². The summed E-state index contributed by atoms with van der Waals surface area (Å²) in [4.78, 5) is 18.2. The minimum atomic E-state index is -3.74. The quantitative estimate of drug-likeness (QED) is 0.195. The van der Waals surface area contributed by atoms with Crippen LogP contribution in [0, 0.1) is 26.7 Å². The lowest BCUT2D eigenvalue weighted by Gasteiger charge is -2.25. The Morgan fingerprint density at radius 1 is 1.10 bits per heavy atom. The molecule has 2 aromatic heterocycles. The number of rotatable bonds is 9. The van der Waals surface area contributed by atoms with Gasteiger partial charge in [0.2, 0.25) is 15.9 Å². The van der Waals surface area contributed by atoms with Crippen LogP contribution in [-0.4, -0.2) is 52.3 Å². The van der Waals surface area contributed by atoms with E-state index in [0.717, 1.165) is 50.0 Å². The van der Waals surface area contributed by atoms with Crippen molar-refractivity contribution in [2.24, 2.45) is 5.92 Å². The van der Waals surface area contributed by atoms with Crippen molar-refractivity contribution >= 4 is 32.7 Å². The summed E-state index contributed by atoms with van der Waals surface area (Å²) in [6.07, 6.45) is 4.10. The van der Waals surface area contributed by atoms with Gasteiger partial charge in [-0.15, -0.1) is 5.10 Å². The lowest BCUT2D eigenvalue weighted by molar-refractivity contribution is -0.116. The lowest BCUT2D eigenvalue weighted by atomic mass is 9.83. The van der Waals surface area contributed by atoms with E-state index >= 15 is 0 Å². The molecule has 0 unspecified atom stereocenters. The van der Waals surface area contributed by atoms with E-state index < -0.39 is 15.9 Å². The van der Waals surface area contributed by atoms with E-state index in [1.54, 1.807) is 46.7 Å². The van der Waals surface area contributed by atoms with Crippen LogP contribution in [0.25, 0.3) is 11.0 Å². The van der Waals surface area contributed by atoms with E-state index in [1.807, 2.05) is 58.0 Å². The molecule has 0 radical (unpaired) electrons. The Balaban J connectivity index is 1.43. The van der Waals surface area contributed by atoms with Gasteiger partial charge < -0.3 is 10.1 Å². The van der Waals surface area contributed by atoms with Gasteiger partial charge in [0.15, 0.2) is 0 Å². The zero-order chi connectivity index (χ0) is 34.2. The first-order valence-electron chi connectivity index (χ1n) is 16.3. The van der Waals surface area contributed by atoms with Gasteiger partial charge in [-0.1, -0.05) is 42.5 Å². The second-order valence-electron chi connectivity index (χ2n) is 12.8. The number of carbonyl (C=O) groups is 1. The van der Waals surface area contributed by atoms with Crippen LogP contribution in [0.1, 0.15) is 65.1 Å². The van der Waals surface area contributed by atoms with Gasteiger partial charge >= 0.3 is 0 Å². The van der Waals surface area contributed by atoms with E-state index in [-0.39, 0.29) is 24.8 Å². The van der Waals surface area contributed by atoms with Crippen molar-refractivity contribution in [3.63, 3.8) is 0 Å². The topological polar surface area (TPSA) is 119 Å². The fourth-order valence-electron chi connectivity index (χ4n) is 6.76. The van der Waals surface area contributed by atoms with Crippen LogP contribution in [0.5, 0.6) is 5.75 Å². The number of methoxy groups -OCH3 is 1. The van der Waals surface area contributed by atoms with Crippen molar-refractivity contribution in [3.8, 4) is 5.75 Å². The highest BCUT2D eigenvalue weighted by atomic mass is 32.2. The molecule has 1 amide bonds. The molecule has 2 atom stereocenters. The average Bonchev–Trinajstić information content (AvgIpc) is 3.47. The molecule has 0 saturated carbocycles. The fourth-order valence-corrected chi connectivity index (χ4v) is 8.61. The molecule has 0 spiro atoms. The van der Waals surface area contributed by atoms with Gasteiger partial charge in [-0.2, -0.15) is 4.31 Å². The van der Waals surface area contributed by atoms with Crippen LogP contribution in [0.3, 0.4) is 0 Å². The maximum Gasteiger partial charge on any atom is 0.243 e. The molecule has 250 valence electrons. The second kappa shape index (κ2) is 13.5. The minimum Gasteiger partial charge on any atom is -0.494 e. The number of amides is 1. The molecule has 0 fully saturated rings. The van der Waals surface area contributed by atoms with Gasteiger partial charge in [0.25, 0.3) is 0 Å². The van der Waals surface area contributed by atoms with Gasteiger partial charge in [-0.05, 0) is 103 Å². The SMILES string of the molecule is CCn1nnc2c(C)c([C@@H](CC(=O)Nc3cccnc3)c3ccc(C)c(CN4C[C@@H](C)Cc5ccc(C)cc5S4(=O)=O)c3)cc(OC)c21. The fraction of sp³-hybridized carbons (Fsp3) is 0.351. The molecular weight excluding hydrogens is 625 g/mol. The van der Waals surface area contributed by atoms with Gasteiger partial charge in [-0.25, -0.2) is 13.1 Å². The molecule has 5 aromatic rings. The number of nitrogens with zero attached hydrogens (tertiary/aromatic N) is 5. The third-order valence-electron chi connectivity index (χ3n) is 9.32. The molecule has 10 nitrogen and oxygen atoms in total. The molecule has 0 saturated heterocycles. The zero-order valence-electron chi connectivity index (χ0n) is 28.3.